The molecule has 188 valence electrons. The molecule has 2 saturated heterocycles. The maximum absolute atomic E-state index is 10.2. The third kappa shape index (κ3) is 8.29. The molecule has 0 bridgehead atoms. The molecule has 0 aromatic heterocycles. The van der Waals surface area contributed by atoms with Gasteiger partial charge in [0.1, 0.15) is 0 Å². The second-order valence-corrected chi connectivity index (χ2v) is 10.5. The number of aliphatic hydroxyl groups excluding tert-OH is 1. The van der Waals surface area contributed by atoms with Gasteiger partial charge in [-0.05, 0) is 55.8 Å². The molecule has 2 aliphatic heterocycles. The van der Waals surface area contributed by atoms with Gasteiger partial charge < -0.3 is 14.6 Å². The fraction of sp³-hybridized carbons (Fsp3) is 0.862. The van der Waals surface area contributed by atoms with Crippen LogP contribution in [0.4, 0.5) is 0 Å². The number of rotatable bonds is 12. The summed E-state index contributed by atoms with van der Waals surface area (Å²) in [5, 5.41) is 10.2. The largest absolute Gasteiger partial charge is 0.390 e. The second-order valence-electron chi connectivity index (χ2n) is 10.5. The molecule has 2 aliphatic rings. The van der Waals surface area contributed by atoms with E-state index in [0.29, 0.717) is 24.0 Å². The normalized spacial score (nSPS) is 36.2. The number of hydrogen-bond acceptors (Lipinski definition) is 3. The summed E-state index contributed by atoms with van der Waals surface area (Å²) in [6, 6.07) is 0. The maximum Gasteiger partial charge on any atom is 0.0854 e. The van der Waals surface area contributed by atoms with E-state index in [1.807, 2.05) is 12.2 Å². The first-order valence-electron chi connectivity index (χ1n) is 13.5. The zero-order valence-corrected chi connectivity index (χ0v) is 22.3. The highest BCUT2D eigenvalue weighted by Crippen LogP contribution is 2.39. The van der Waals surface area contributed by atoms with Gasteiger partial charge in [-0.25, -0.2) is 0 Å². The molecule has 2 heterocycles. The summed E-state index contributed by atoms with van der Waals surface area (Å²) < 4.78 is 12.2. The lowest BCUT2D eigenvalue weighted by molar-refractivity contribution is -0.00178. The SMILES string of the molecule is C=CC[C@@H]1O[C@H](C[C@H](C)CC)[C@H](C)[C@H]1CC.C=CC[C@@H]1O[C@H](C[C@H](C)CC)[C@H](O)[C@H]1CC. The minimum atomic E-state index is -0.288. The second kappa shape index (κ2) is 15.3. The quantitative estimate of drug-likeness (QED) is 0.311. The fourth-order valence-electron chi connectivity index (χ4n) is 5.49. The van der Waals surface area contributed by atoms with Gasteiger partial charge >= 0.3 is 0 Å². The van der Waals surface area contributed by atoms with Gasteiger partial charge in [-0.2, -0.15) is 0 Å². The average Bonchev–Trinajstić information content (AvgIpc) is 3.23. The molecule has 0 radical (unpaired) electrons. The summed E-state index contributed by atoms with van der Waals surface area (Å²) in [5.41, 5.74) is 0. The molecule has 0 unspecified atom stereocenters. The summed E-state index contributed by atoms with van der Waals surface area (Å²) >= 11 is 0. The summed E-state index contributed by atoms with van der Waals surface area (Å²) in [7, 11) is 0. The zero-order chi connectivity index (χ0) is 24.3. The van der Waals surface area contributed by atoms with E-state index >= 15 is 0 Å². The average molecular weight is 451 g/mol. The monoisotopic (exact) mass is 450 g/mol. The lowest BCUT2D eigenvalue weighted by atomic mass is 9.83. The van der Waals surface area contributed by atoms with E-state index in [0.717, 1.165) is 43.9 Å². The Morgan fingerprint density at radius 1 is 0.750 bits per heavy atom. The Morgan fingerprint density at radius 2 is 1.19 bits per heavy atom. The summed E-state index contributed by atoms with van der Waals surface area (Å²) in [6.07, 6.45) is 13.4. The lowest BCUT2D eigenvalue weighted by Gasteiger charge is -2.20. The third-order valence-electron chi connectivity index (χ3n) is 8.14. The molecule has 32 heavy (non-hydrogen) atoms. The van der Waals surface area contributed by atoms with Crippen molar-refractivity contribution in [2.75, 3.05) is 0 Å². The van der Waals surface area contributed by atoms with Crippen LogP contribution in [0.1, 0.15) is 99.8 Å². The Hall–Kier alpha value is -0.640. The summed E-state index contributed by atoms with van der Waals surface area (Å²) in [4.78, 5) is 0. The van der Waals surface area contributed by atoms with Gasteiger partial charge in [0.25, 0.3) is 0 Å². The first kappa shape index (κ1) is 29.4. The van der Waals surface area contributed by atoms with Crippen molar-refractivity contribution < 1.29 is 14.6 Å². The van der Waals surface area contributed by atoms with Gasteiger partial charge in [-0.3, -0.25) is 0 Å². The zero-order valence-electron chi connectivity index (χ0n) is 22.3. The molecule has 0 amide bonds. The molecule has 10 atom stereocenters. The third-order valence-corrected chi connectivity index (χ3v) is 8.14. The number of aliphatic hydroxyl groups is 1. The molecule has 3 heteroatoms. The smallest absolute Gasteiger partial charge is 0.0854 e. The summed E-state index contributed by atoms with van der Waals surface area (Å²) in [5.74, 6) is 3.13. The van der Waals surface area contributed by atoms with E-state index < -0.39 is 0 Å². The highest BCUT2D eigenvalue weighted by atomic mass is 16.5. The fourth-order valence-corrected chi connectivity index (χ4v) is 5.49. The summed E-state index contributed by atoms with van der Waals surface area (Å²) in [6.45, 7) is 23.4. The molecule has 0 saturated carbocycles. The molecular formula is C29H54O3. The van der Waals surface area contributed by atoms with Gasteiger partial charge in [0.15, 0.2) is 0 Å². The predicted molar refractivity (Wildman–Crippen MR) is 138 cm³/mol. The van der Waals surface area contributed by atoms with Crippen molar-refractivity contribution in [1.82, 2.24) is 0 Å². The van der Waals surface area contributed by atoms with Crippen molar-refractivity contribution in [2.45, 2.75) is 130 Å². The first-order valence-corrected chi connectivity index (χ1v) is 13.5. The Kier molecular flexibility index (Phi) is 14.1. The molecule has 2 rings (SSSR count). The van der Waals surface area contributed by atoms with Crippen molar-refractivity contribution in [2.24, 2.45) is 29.6 Å². The van der Waals surface area contributed by atoms with Crippen LogP contribution in [-0.2, 0) is 9.47 Å². The molecule has 0 spiro atoms. The van der Waals surface area contributed by atoms with Crippen molar-refractivity contribution in [3.63, 3.8) is 0 Å². The van der Waals surface area contributed by atoms with Crippen molar-refractivity contribution in [3.8, 4) is 0 Å². The highest BCUT2D eigenvalue weighted by Gasteiger charge is 2.42. The van der Waals surface area contributed by atoms with Crippen LogP contribution < -0.4 is 0 Å². The topological polar surface area (TPSA) is 38.7 Å². The Morgan fingerprint density at radius 3 is 1.62 bits per heavy atom. The lowest BCUT2D eigenvalue weighted by Crippen LogP contribution is -2.28. The van der Waals surface area contributed by atoms with Crippen LogP contribution in [0, 0.1) is 29.6 Å². The van der Waals surface area contributed by atoms with Crippen molar-refractivity contribution >= 4 is 0 Å². The van der Waals surface area contributed by atoms with Crippen molar-refractivity contribution in [1.29, 1.82) is 0 Å². The number of ether oxygens (including phenoxy) is 2. The van der Waals surface area contributed by atoms with Gasteiger partial charge in [-0.15, -0.1) is 13.2 Å². The molecular weight excluding hydrogens is 396 g/mol. The van der Waals surface area contributed by atoms with E-state index in [9.17, 15) is 5.11 Å². The van der Waals surface area contributed by atoms with Crippen LogP contribution in [-0.4, -0.2) is 35.6 Å². The highest BCUT2D eigenvalue weighted by molar-refractivity contribution is 4.93. The standard InChI is InChI=1S/C15H28O.C14H26O2/c1-6-9-14-13(8-3)12(5)15(16-14)10-11(4)7-2;1-5-8-12-11(7-3)14(15)13(16-12)9-10(4)6-2/h6,11-15H,1,7-10H2,2-5H3;5,10-15H,1,6-9H2,2-4H3/t11-,12-,13-,14+,15-;10-,11+,12+,13-,14-/m11/s1. The maximum atomic E-state index is 10.2. The van der Waals surface area contributed by atoms with E-state index in [2.05, 4.69) is 61.6 Å². The number of hydrogen-bond donors (Lipinski definition) is 1. The van der Waals surface area contributed by atoms with Gasteiger partial charge in [0.05, 0.1) is 30.5 Å². The molecule has 0 aromatic carbocycles. The van der Waals surface area contributed by atoms with E-state index in [-0.39, 0.29) is 24.2 Å². The van der Waals surface area contributed by atoms with Crippen LogP contribution >= 0.6 is 0 Å². The van der Waals surface area contributed by atoms with Crippen molar-refractivity contribution in [3.05, 3.63) is 25.3 Å². The van der Waals surface area contributed by atoms with E-state index in [1.165, 1.54) is 19.3 Å². The Labute approximate surface area is 200 Å². The van der Waals surface area contributed by atoms with Crippen LogP contribution in [0.15, 0.2) is 25.3 Å². The molecule has 0 aliphatic carbocycles. The van der Waals surface area contributed by atoms with Gasteiger partial charge in [0.2, 0.25) is 0 Å². The molecule has 0 aromatic rings. The Balaban J connectivity index is 0.000000320. The Bertz CT molecular complexity index is 473. The van der Waals surface area contributed by atoms with Gasteiger partial charge in [0, 0.05) is 5.92 Å². The van der Waals surface area contributed by atoms with Gasteiger partial charge in [-0.1, -0.05) is 79.9 Å². The van der Waals surface area contributed by atoms with Crippen LogP contribution in [0.25, 0.3) is 0 Å². The van der Waals surface area contributed by atoms with E-state index in [1.54, 1.807) is 0 Å². The molecule has 2 fully saturated rings. The predicted octanol–water partition coefficient (Wildman–Crippen LogP) is 7.58. The first-order chi connectivity index (χ1) is 15.3. The minimum absolute atomic E-state index is 0.0323. The molecule has 3 nitrogen and oxygen atoms in total. The van der Waals surface area contributed by atoms with Crippen LogP contribution in [0.2, 0.25) is 0 Å². The van der Waals surface area contributed by atoms with E-state index in [4.69, 9.17) is 9.47 Å². The van der Waals surface area contributed by atoms with Crippen LogP contribution in [0.3, 0.4) is 0 Å². The van der Waals surface area contributed by atoms with Crippen LogP contribution in [0.5, 0.6) is 0 Å². The molecule has 1 N–H and O–H groups in total. The minimum Gasteiger partial charge on any atom is -0.390 e.